The summed E-state index contributed by atoms with van der Waals surface area (Å²) in [5, 5.41) is 9.14. The summed E-state index contributed by atoms with van der Waals surface area (Å²) in [6.07, 6.45) is 0. The Hall–Kier alpha value is -1.51. The molecule has 0 fully saturated rings. The van der Waals surface area contributed by atoms with Crippen molar-refractivity contribution in [2.24, 2.45) is 0 Å². The van der Waals surface area contributed by atoms with E-state index in [1.165, 1.54) is 0 Å². The summed E-state index contributed by atoms with van der Waals surface area (Å²) < 4.78 is 5.70. The molecule has 100 valence electrons. The van der Waals surface area contributed by atoms with E-state index >= 15 is 0 Å². The smallest absolute Gasteiger partial charge is 0.347 e. The normalized spacial score (nSPS) is 12.3. The van der Waals surface area contributed by atoms with Gasteiger partial charge in [0.05, 0.1) is 0 Å². The molecule has 18 heavy (non-hydrogen) atoms. The van der Waals surface area contributed by atoms with E-state index in [9.17, 15) is 4.79 Å². The molecule has 0 bridgehead atoms. The lowest BCUT2D eigenvalue weighted by atomic mass is 9.85. The van der Waals surface area contributed by atoms with Gasteiger partial charge in [-0.3, -0.25) is 0 Å². The molecule has 0 saturated carbocycles. The Morgan fingerprint density at radius 2 is 1.72 bits per heavy atom. The Kier molecular flexibility index (Phi) is 3.75. The molecule has 3 nitrogen and oxygen atoms in total. The lowest BCUT2D eigenvalue weighted by Crippen LogP contribution is -2.38. The highest BCUT2D eigenvalue weighted by molar-refractivity contribution is 5.76. The fourth-order valence-electron chi connectivity index (χ4n) is 1.65. The molecule has 0 spiro atoms. The summed E-state index contributed by atoms with van der Waals surface area (Å²) in [5.41, 5.74) is 0.757. The van der Waals surface area contributed by atoms with Crippen LogP contribution in [0.3, 0.4) is 0 Å². The van der Waals surface area contributed by atoms with E-state index in [-0.39, 0.29) is 5.41 Å². The molecule has 0 aliphatic carbocycles. The number of carboxylic acids is 1. The van der Waals surface area contributed by atoms with Crippen molar-refractivity contribution in [3.8, 4) is 5.75 Å². The van der Waals surface area contributed by atoms with Crippen LogP contribution in [0.2, 0.25) is 0 Å². The maximum Gasteiger partial charge on any atom is 0.347 e. The van der Waals surface area contributed by atoms with E-state index in [4.69, 9.17) is 9.84 Å². The third-order valence-electron chi connectivity index (χ3n) is 2.83. The molecule has 0 unspecified atom stereocenters. The van der Waals surface area contributed by atoms with Crippen LogP contribution in [0.4, 0.5) is 0 Å². The molecule has 0 aromatic heterocycles. The molecule has 0 atom stereocenters. The fourth-order valence-corrected chi connectivity index (χ4v) is 1.65. The minimum absolute atomic E-state index is 0.0857. The average Bonchev–Trinajstić information content (AvgIpc) is 2.14. The topological polar surface area (TPSA) is 46.5 Å². The second-order valence-electron chi connectivity index (χ2n) is 6.17. The second kappa shape index (κ2) is 4.63. The molecule has 1 N–H and O–H groups in total. The molecule has 0 aliphatic heterocycles. The molecule has 0 saturated heterocycles. The van der Waals surface area contributed by atoms with Gasteiger partial charge in [0.1, 0.15) is 5.75 Å². The number of hydrogen-bond donors (Lipinski definition) is 1. The second-order valence-corrected chi connectivity index (χ2v) is 6.17. The van der Waals surface area contributed by atoms with Crippen molar-refractivity contribution >= 4 is 5.97 Å². The van der Waals surface area contributed by atoms with E-state index in [2.05, 4.69) is 20.8 Å². The number of benzene rings is 1. The lowest BCUT2D eigenvalue weighted by molar-refractivity contribution is -0.152. The van der Waals surface area contributed by atoms with Gasteiger partial charge in [0, 0.05) is 0 Å². The van der Waals surface area contributed by atoms with Crippen molar-refractivity contribution in [2.45, 2.75) is 52.6 Å². The monoisotopic (exact) mass is 250 g/mol. The fraction of sp³-hybridized carbons (Fsp3) is 0.533. The van der Waals surface area contributed by atoms with Crippen molar-refractivity contribution in [2.75, 3.05) is 0 Å². The van der Waals surface area contributed by atoms with Crippen LogP contribution in [0.1, 0.15) is 45.7 Å². The van der Waals surface area contributed by atoms with Gasteiger partial charge in [-0.15, -0.1) is 0 Å². The highest BCUT2D eigenvalue weighted by Crippen LogP contribution is 2.34. The number of ether oxygens (including phenoxy) is 1. The summed E-state index contributed by atoms with van der Waals surface area (Å²) in [6, 6.07) is 5.91. The first kappa shape index (κ1) is 14.6. The van der Waals surface area contributed by atoms with E-state index in [1.807, 2.05) is 25.1 Å². The number of carbonyl (C=O) groups is 1. The number of hydrogen-bond acceptors (Lipinski definition) is 2. The van der Waals surface area contributed by atoms with Gasteiger partial charge in [0.15, 0.2) is 5.60 Å². The van der Waals surface area contributed by atoms with Crippen LogP contribution in [0.15, 0.2) is 18.2 Å². The zero-order chi connectivity index (χ0) is 14.1. The molecule has 1 aromatic rings. The molecule has 0 heterocycles. The van der Waals surface area contributed by atoms with Crippen LogP contribution in [-0.4, -0.2) is 16.7 Å². The Balaban J connectivity index is 3.23. The highest BCUT2D eigenvalue weighted by atomic mass is 16.5. The third kappa shape index (κ3) is 3.25. The summed E-state index contributed by atoms with van der Waals surface area (Å²) >= 11 is 0. The molecule has 1 aromatic carbocycles. The average molecular weight is 250 g/mol. The molecular weight excluding hydrogens is 228 g/mol. The van der Waals surface area contributed by atoms with E-state index in [0.29, 0.717) is 5.75 Å². The minimum atomic E-state index is -1.23. The number of aryl methyl sites for hydroxylation is 1. The molecule has 3 heteroatoms. The Bertz CT molecular complexity index is 453. The maximum atomic E-state index is 11.1. The highest BCUT2D eigenvalue weighted by Gasteiger charge is 2.31. The van der Waals surface area contributed by atoms with Crippen LogP contribution in [-0.2, 0) is 10.2 Å². The van der Waals surface area contributed by atoms with Crippen LogP contribution in [0.25, 0.3) is 0 Å². The minimum Gasteiger partial charge on any atom is -0.478 e. The number of carboxylic acid groups (broad SMARTS) is 1. The van der Waals surface area contributed by atoms with Crippen molar-refractivity contribution in [3.05, 3.63) is 29.3 Å². The van der Waals surface area contributed by atoms with Gasteiger partial charge in [-0.25, -0.2) is 4.79 Å². The van der Waals surface area contributed by atoms with Gasteiger partial charge in [0.2, 0.25) is 0 Å². The van der Waals surface area contributed by atoms with E-state index < -0.39 is 11.6 Å². The standard InChI is InChI=1S/C15H22O3/c1-10-7-8-11(14(2,3)4)12(9-10)18-15(5,6)13(16)17/h7-9H,1-6H3,(H,16,17). The molecular formula is C15H22O3. The largest absolute Gasteiger partial charge is 0.478 e. The van der Waals surface area contributed by atoms with Crippen molar-refractivity contribution in [1.82, 2.24) is 0 Å². The first-order valence-electron chi connectivity index (χ1n) is 6.07. The van der Waals surface area contributed by atoms with Gasteiger partial charge >= 0.3 is 5.97 Å². The van der Waals surface area contributed by atoms with Crippen molar-refractivity contribution in [3.63, 3.8) is 0 Å². The molecule has 0 amide bonds. The number of aliphatic carboxylic acids is 1. The Labute approximate surface area is 109 Å². The van der Waals surface area contributed by atoms with E-state index in [0.717, 1.165) is 11.1 Å². The first-order valence-corrected chi connectivity index (χ1v) is 6.07. The first-order chi connectivity index (χ1) is 8.04. The van der Waals surface area contributed by atoms with Gasteiger partial charge < -0.3 is 9.84 Å². The Morgan fingerprint density at radius 3 is 2.17 bits per heavy atom. The SMILES string of the molecule is Cc1ccc(C(C)(C)C)c(OC(C)(C)C(=O)O)c1. The van der Waals surface area contributed by atoms with Gasteiger partial charge in [-0.1, -0.05) is 32.9 Å². The molecule has 0 radical (unpaired) electrons. The molecule has 1 rings (SSSR count). The van der Waals surface area contributed by atoms with Crippen molar-refractivity contribution in [1.29, 1.82) is 0 Å². The third-order valence-corrected chi connectivity index (χ3v) is 2.83. The number of rotatable bonds is 3. The summed E-state index contributed by atoms with van der Waals surface area (Å²) in [6.45, 7) is 11.3. The zero-order valence-electron chi connectivity index (χ0n) is 12.0. The van der Waals surface area contributed by atoms with Crippen LogP contribution in [0, 0.1) is 6.92 Å². The van der Waals surface area contributed by atoms with Crippen LogP contribution >= 0.6 is 0 Å². The predicted octanol–water partition coefficient (Wildman–Crippen LogP) is 3.53. The van der Waals surface area contributed by atoms with Gasteiger partial charge in [-0.2, -0.15) is 0 Å². The molecule has 0 aliphatic rings. The van der Waals surface area contributed by atoms with Crippen LogP contribution in [0.5, 0.6) is 5.75 Å². The lowest BCUT2D eigenvalue weighted by Gasteiger charge is -2.28. The van der Waals surface area contributed by atoms with Gasteiger partial charge in [-0.05, 0) is 43.4 Å². The quantitative estimate of drug-likeness (QED) is 0.892. The maximum absolute atomic E-state index is 11.1. The summed E-state index contributed by atoms with van der Waals surface area (Å²) in [7, 11) is 0. The summed E-state index contributed by atoms with van der Waals surface area (Å²) in [5.74, 6) is -0.321. The zero-order valence-corrected chi connectivity index (χ0v) is 12.0. The predicted molar refractivity (Wildman–Crippen MR) is 72.2 cm³/mol. The van der Waals surface area contributed by atoms with Crippen molar-refractivity contribution < 1.29 is 14.6 Å². The van der Waals surface area contributed by atoms with Crippen LogP contribution < -0.4 is 4.74 Å². The Morgan fingerprint density at radius 1 is 1.17 bits per heavy atom. The summed E-state index contributed by atoms with van der Waals surface area (Å²) in [4.78, 5) is 11.1. The van der Waals surface area contributed by atoms with Gasteiger partial charge in [0.25, 0.3) is 0 Å². The van der Waals surface area contributed by atoms with E-state index in [1.54, 1.807) is 13.8 Å².